The van der Waals surface area contributed by atoms with Crippen LogP contribution in [0.3, 0.4) is 0 Å². The van der Waals surface area contributed by atoms with Crippen LogP contribution in [0.15, 0.2) is 0 Å². The first-order chi connectivity index (χ1) is 8.09. The molecule has 4 heteroatoms. The van der Waals surface area contributed by atoms with Crippen molar-refractivity contribution in [2.75, 3.05) is 26.7 Å². The first-order valence-corrected chi connectivity index (χ1v) is 6.68. The molecule has 1 atom stereocenters. The normalized spacial score (nSPS) is 19.9. The van der Waals surface area contributed by atoms with Crippen molar-refractivity contribution in [1.29, 1.82) is 0 Å². The zero-order valence-electron chi connectivity index (χ0n) is 11.4. The second kappa shape index (κ2) is 7.67. The third-order valence-electron chi connectivity index (χ3n) is 3.05. The summed E-state index contributed by atoms with van der Waals surface area (Å²) >= 11 is 0. The van der Waals surface area contributed by atoms with Gasteiger partial charge in [-0.05, 0) is 25.8 Å². The average molecular weight is 242 g/mol. The fraction of sp³-hybridized carbons (Fsp3) is 0.923. The van der Waals surface area contributed by atoms with E-state index >= 15 is 0 Å². The number of amides is 1. The highest BCUT2D eigenvalue weighted by atomic mass is 16.5. The van der Waals surface area contributed by atoms with E-state index in [0.29, 0.717) is 12.5 Å². The van der Waals surface area contributed by atoms with Gasteiger partial charge in [-0.3, -0.25) is 4.79 Å². The molecule has 0 aromatic rings. The molecule has 1 N–H and O–H groups in total. The Kier molecular flexibility index (Phi) is 6.52. The molecule has 1 heterocycles. The summed E-state index contributed by atoms with van der Waals surface area (Å²) in [4.78, 5) is 13.6. The highest BCUT2D eigenvalue weighted by molar-refractivity contribution is 5.75. The third kappa shape index (κ3) is 6.03. The standard InChI is InChI=1S/C13H26N2O2/c1-11(2)14-8-4-7-13(16)15(3)10-12-6-5-9-17-12/h11-12,14H,4-10H2,1-3H3. The Bertz CT molecular complexity index is 225. The maximum atomic E-state index is 11.8. The Labute approximate surface area is 105 Å². The predicted octanol–water partition coefficient (Wildman–Crippen LogP) is 1.40. The summed E-state index contributed by atoms with van der Waals surface area (Å²) in [6.45, 7) is 6.75. The quantitative estimate of drug-likeness (QED) is 0.686. The van der Waals surface area contributed by atoms with Gasteiger partial charge < -0.3 is 15.0 Å². The van der Waals surface area contributed by atoms with Gasteiger partial charge in [-0.25, -0.2) is 0 Å². The van der Waals surface area contributed by atoms with Crippen molar-refractivity contribution < 1.29 is 9.53 Å². The van der Waals surface area contributed by atoms with Crippen LogP contribution in [-0.2, 0) is 9.53 Å². The molecule has 1 rings (SSSR count). The van der Waals surface area contributed by atoms with Crippen LogP contribution < -0.4 is 5.32 Å². The van der Waals surface area contributed by atoms with Crippen LogP contribution in [0.4, 0.5) is 0 Å². The van der Waals surface area contributed by atoms with E-state index in [1.807, 2.05) is 11.9 Å². The van der Waals surface area contributed by atoms with Crippen molar-refractivity contribution >= 4 is 5.91 Å². The summed E-state index contributed by atoms with van der Waals surface area (Å²) in [6.07, 6.45) is 4.02. The Hall–Kier alpha value is -0.610. The monoisotopic (exact) mass is 242 g/mol. The lowest BCUT2D eigenvalue weighted by Crippen LogP contribution is -2.34. The summed E-state index contributed by atoms with van der Waals surface area (Å²) in [5, 5.41) is 3.32. The lowest BCUT2D eigenvalue weighted by atomic mass is 10.2. The van der Waals surface area contributed by atoms with E-state index in [1.54, 1.807) is 0 Å². The number of hydrogen-bond acceptors (Lipinski definition) is 3. The molecule has 1 saturated heterocycles. The van der Waals surface area contributed by atoms with Crippen LogP contribution in [0.2, 0.25) is 0 Å². The van der Waals surface area contributed by atoms with E-state index < -0.39 is 0 Å². The van der Waals surface area contributed by atoms with Crippen molar-refractivity contribution in [3.05, 3.63) is 0 Å². The predicted molar refractivity (Wildman–Crippen MR) is 69.0 cm³/mol. The van der Waals surface area contributed by atoms with Crippen LogP contribution >= 0.6 is 0 Å². The molecule has 100 valence electrons. The maximum Gasteiger partial charge on any atom is 0.222 e. The highest BCUT2D eigenvalue weighted by Crippen LogP contribution is 2.13. The lowest BCUT2D eigenvalue weighted by Gasteiger charge is -2.21. The van der Waals surface area contributed by atoms with E-state index in [-0.39, 0.29) is 12.0 Å². The summed E-state index contributed by atoms with van der Waals surface area (Å²) in [5.74, 6) is 0.228. The zero-order chi connectivity index (χ0) is 12.7. The number of likely N-dealkylation sites (N-methyl/N-ethyl adjacent to an activating group) is 1. The number of nitrogens with zero attached hydrogens (tertiary/aromatic N) is 1. The SMILES string of the molecule is CC(C)NCCCC(=O)N(C)CC1CCCO1. The fourth-order valence-electron chi connectivity index (χ4n) is 2.02. The molecule has 17 heavy (non-hydrogen) atoms. The van der Waals surface area contributed by atoms with Crippen LogP contribution in [-0.4, -0.2) is 49.7 Å². The number of hydrogen-bond donors (Lipinski definition) is 1. The smallest absolute Gasteiger partial charge is 0.222 e. The topological polar surface area (TPSA) is 41.6 Å². The molecule has 0 saturated carbocycles. The third-order valence-corrected chi connectivity index (χ3v) is 3.05. The Balaban J connectivity index is 2.09. The minimum atomic E-state index is 0.228. The van der Waals surface area contributed by atoms with Crippen molar-refractivity contribution in [3.8, 4) is 0 Å². The van der Waals surface area contributed by atoms with Crippen molar-refractivity contribution in [1.82, 2.24) is 10.2 Å². The van der Waals surface area contributed by atoms with Crippen molar-refractivity contribution in [3.63, 3.8) is 0 Å². The molecule has 1 aliphatic heterocycles. The van der Waals surface area contributed by atoms with Gasteiger partial charge in [-0.2, -0.15) is 0 Å². The molecule has 0 radical (unpaired) electrons. The van der Waals surface area contributed by atoms with E-state index in [1.165, 1.54) is 0 Å². The first-order valence-electron chi connectivity index (χ1n) is 6.68. The van der Waals surface area contributed by atoms with E-state index in [2.05, 4.69) is 19.2 Å². The van der Waals surface area contributed by atoms with Gasteiger partial charge in [0.05, 0.1) is 6.10 Å². The van der Waals surface area contributed by atoms with Crippen molar-refractivity contribution in [2.45, 2.75) is 51.7 Å². The molecule has 0 spiro atoms. The second-order valence-electron chi connectivity index (χ2n) is 5.12. The molecule has 0 bridgehead atoms. The van der Waals surface area contributed by atoms with Gasteiger partial charge in [0.1, 0.15) is 0 Å². The Morgan fingerprint density at radius 2 is 2.29 bits per heavy atom. The minimum absolute atomic E-state index is 0.228. The lowest BCUT2D eigenvalue weighted by molar-refractivity contribution is -0.131. The zero-order valence-corrected chi connectivity index (χ0v) is 11.4. The molecule has 4 nitrogen and oxygen atoms in total. The van der Waals surface area contributed by atoms with E-state index in [0.717, 1.165) is 39.0 Å². The molecular formula is C13H26N2O2. The van der Waals surface area contributed by atoms with Gasteiger partial charge in [0.25, 0.3) is 0 Å². The average Bonchev–Trinajstić information content (AvgIpc) is 2.76. The van der Waals surface area contributed by atoms with E-state index in [9.17, 15) is 4.79 Å². The second-order valence-corrected chi connectivity index (χ2v) is 5.12. The van der Waals surface area contributed by atoms with Crippen molar-refractivity contribution in [2.24, 2.45) is 0 Å². The molecule has 0 aromatic carbocycles. The van der Waals surface area contributed by atoms with E-state index in [4.69, 9.17) is 4.74 Å². The minimum Gasteiger partial charge on any atom is -0.376 e. The van der Waals surface area contributed by atoms with Gasteiger partial charge in [-0.1, -0.05) is 13.8 Å². The first kappa shape index (κ1) is 14.5. The largest absolute Gasteiger partial charge is 0.376 e. The summed E-state index contributed by atoms with van der Waals surface area (Å²) in [6, 6.07) is 0.495. The van der Waals surface area contributed by atoms with Gasteiger partial charge in [0.15, 0.2) is 0 Å². The summed E-state index contributed by atoms with van der Waals surface area (Å²) < 4.78 is 5.52. The molecule has 0 aliphatic carbocycles. The van der Waals surface area contributed by atoms with Crippen LogP contribution in [0.1, 0.15) is 39.5 Å². The number of nitrogens with one attached hydrogen (secondary N) is 1. The molecular weight excluding hydrogens is 216 g/mol. The molecule has 1 aliphatic rings. The Morgan fingerprint density at radius 1 is 1.53 bits per heavy atom. The number of carbonyl (C=O) groups is 1. The molecule has 1 fully saturated rings. The summed E-state index contributed by atoms with van der Waals surface area (Å²) in [7, 11) is 1.87. The summed E-state index contributed by atoms with van der Waals surface area (Å²) in [5.41, 5.74) is 0. The van der Waals surface area contributed by atoms with Gasteiger partial charge in [0, 0.05) is 32.7 Å². The van der Waals surface area contributed by atoms with Crippen LogP contribution in [0, 0.1) is 0 Å². The molecule has 1 amide bonds. The van der Waals surface area contributed by atoms with Crippen LogP contribution in [0.25, 0.3) is 0 Å². The highest BCUT2D eigenvalue weighted by Gasteiger charge is 2.19. The fourth-order valence-corrected chi connectivity index (χ4v) is 2.02. The molecule has 1 unspecified atom stereocenters. The number of carbonyl (C=O) groups excluding carboxylic acids is 1. The number of rotatable bonds is 7. The van der Waals surface area contributed by atoms with Gasteiger partial charge in [-0.15, -0.1) is 0 Å². The maximum absolute atomic E-state index is 11.8. The molecule has 0 aromatic heterocycles. The van der Waals surface area contributed by atoms with Crippen LogP contribution in [0.5, 0.6) is 0 Å². The van der Waals surface area contributed by atoms with Gasteiger partial charge >= 0.3 is 0 Å². The number of ether oxygens (including phenoxy) is 1. The van der Waals surface area contributed by atoms with Gasteiger partial charge in [0.2, 0.25) is 5.91 Å². The Morgan fingerprint density at radius 3 is 2.88 bits per heavy atom.